The Kier molecular flexibility index (Phi) is 6.31. The van der Waals surface area contributed by atoms with E-state index in [1.165, 1.54) is 0 Å². The third-order valence-electron chi connectivity index (χ3n) is 4.72. The van der Waals surface area contributed by atoms with Gasteiger partial charge in [-0.05, 0) is 40.2 Å². The third kappa shape index (κ3) is 4.18. The van der Waals surface area contributed by atoms with Crippen molar-refractivity contribution in [1.82, 2.24) is 25.6 Å². The highest BCUT2D eigenvalue weighted by Crippen LogP contribution is 2.30. The molecule has 0 fully saturated rings. The third-order valence-corrected chi connectivity index (χ3v) is 4.72. The van der Waals surface area contributed by atoms with Gasteiger partial charge in [0.25, 0.3) is 0 Å². The monoisotopic (exact) mass is 385 g/mol. The predicted molar refractivity (Wildman–Crippen MR) is 111 cm³/mol. The van der Waals surface area contributed by atoms with Crippen LogP contribution in [-0.2, 0) is 6.54 Å². The van der Waals surface area contributed by atoms with Gasteiger partial charge in [-0.25, -0.2) is 0 Å². The van der Waals surface area contributed by atoms with E-state index < -0.39 is 6.10 Å². The number of aliphatic hydroxyl groups is 1. The van der Waals surface area contributed by atoms with Crippen LogP contribution in [0.25, 0.3) is 0 Å². The molecule has 3 N–H and O–H groups in total. The molecule has 2 unspecified atom stereocenters. The zero-order valence-electron chi connectivity index (χ0n) is 17.3. The highest BCUT2D eigenvalue weighted by atomic mass is 16.3. The summed E-state index contributed by atoms with van der Waals surface area (Å²) in [6.07, 6.45) is -0.631. The van der Waals surface area contributed by atoms with E-state index in [9.17, 15) is 5.11 Å². The Labute approximate surface area is 166 Å². The number of hydrogen-bond acceptors (Lipinski definition) is 6. The van der Waals surface area contributed by atoms with Gasteiger partial charge < -0.3 is 14.9 Å². The lowest BCUT2D eigenvalue weighted by Crippen LogP contribution is -2.66. The first kappa shape index (κ1) is 20.3. The molecule has 1 aliphatic rings. The first-order valence-electron chi connectivity index (χ1n) is 9.87. The number of benzene rings is 1. The van der Waals surface area contributed by atoms with E-state index in [1.807, 2.05) is 18.2 Å². The smallest absolute Gasteiger partial charge is 0.185 e. The number of aliphatic imine (C=N–C) groups is 1. The van der Waals surface area contributed by atoms with Crippen LogP contribution < -0.4 is 10.2 Å². The first-order valence-corrected chi connectivity index (χ1v) is 9.87. The van der Waals surface area contributed by atoms with Gasteiger partial charge in [0.05, 0.1) is 12.6 Å². The number of nitrogens with one attached hydrogen (secondary N) is 2. The van der Waals surface area contributed by atoms with E-state index in [-0.39, 0.29) is 18.4 Å². The molecule has 0 aliphatic carbocycles. The second-order valence-electron chi connectivity index (χ2n) is 7.75. The fourth-order valence-electron chi connectivity index (χ4n) is 3.48. The summed E-state index contributed by atoms with van der Waals surface area (Å²) in [6, 6.07) is 10.5. The van der Waals surface area contributed by atoms with Crippen molar-refractivity contribution in [2.45, 2.75) is 65.6 Å². The Hall–Kier alpha value is -2.45. The minimum Gasteiger partial charge on any atom is -0.392 e. The normalized spacial score (nSPS) is 19.6. The zero-order chi connectivity index (χ0) is 20.3. The number of amidine groups is 1. The average Bonchev–Trinajstić information content (AvgIpc) is 3.13. The molecule has 1 aromatic heterocycles. The SMILES string of the molecule is CC(O)CNC1N(C(C)C)C(=NCc2ccccc2)c2n[nH]nc2N1C(C)C. The quantitative estimate of drug-likeness (QED) is 0.675. The summed E-state index contributed by atoms with van der Waals surface area (Å²) < 4.78 is 0. The fourth-order valence-corrected chi connectivity index (χ4v) is 3.48. The Morgan fingerprint density at radius 1 is 1.07 bits per heavy atom. The summed E-state index contributed by atoms with van der Waals surface area (Å²) in [7, 11) is 0. The van der Waals surface area contributed by atoms with Crippen LogP contribution in [0.4, 0.5) is 5.82 Å². The second-order valence-corrected chi connectivity index (χ2v) is 7.75. The van der Waals surface area contributed by atoms with Crippen LogP contribution in [0.3, 0.4) is 0 Å². The number of nitrogens with zero attached hydrogens (tertiary/aromatic N) is 5. The lowest BCUT2D eigenvalue weighted by atomic mass is 10.1. The van der Waals surface area contributed by atoms with Crippen LogP contribution in [0.1, 0.15) is 45.9 Å². The molecular formula is C20H31N7O. The number of rotatable bonds is 7. The Morgan fingerprint density at radius 2 is 1.75 bits per heavy atom. The van der Waals surface area contributed by atoms with Crippen LogP contribution in [0.15, 0.2) is 35.3 Å². The topological polar surface area (TPSA) is 92.7 Å². The average molecular weight is 386 g/mol. The van der Waals surface area contributed by atoms with E-state index in [1.54, 1.807) is 6.92 Å². The number of hydrogen-bond donors (Lipinski definition) is 3. The molecule has 152 valence electrons. The van der Waals surface area contributed by atoms with Gasteiger partial charge in [0.2, 0.25) is 0 Å². The lowest BCUT2D eigenvalue weighted by Gasteiger charge is -2.48. The molecule has 0 spiro atoms. The Morgan fingerprint density at radius 3 is 2.36 bits per heavy atom. The van der Waals surface area contributed by atoms with Crippen LogP contribution in [-0.4, -0.2) is 62.3 Å². The van der Waals surface area contributed by atoms with Gasteiger partial charge in [-0.3, -0.25) is 10.3 Å². The van der Waals surface area contributed by atoms with Gasteiger partial charge in [-0.2, -0.15) is 10.3 Å². The van der Waals surface area contributed by atoms with Gasteiger partial charge in [0.15, 0.2) is 23.6 Å². The highest BCUT2D eigenvalue weighted by molar-refractivity contribution is 6.03. The summed E-state index contributed by atoms with van der Waals surface area (Å²) in [5.74, 6) is 1.59. The molecular weight excluding hydrogens is 354 g/mol. The number of fused-ring (bicyclic) bond motifs is 1. The second kappa shape index (κ2) is 8.70. The molecule has 1 aliphatic heterocycles. The molecule has 3 rings (SSSR count). The number of anilines is 1. The van der Waals surface area contributed by atoms with Crippen LogP contribution in [0.5, 0.6) is 0 Å². The van der Waals surface area contributed by atoms with Crippen molar-refractivity contribution in [1.29, 1.82) is 0 Å². The van der Waals surface area contributed by atoms with Gasteiger partial charge in [-0.15, -0.1) is 5.10 Å². The molecule has 0 amide bonds. The van der Waals surface area contributed by atoms with E-state index in [2.05, 4.69) is 70.4 Å². The van der Waals surface area contributed by atoms with Crippen molar-refractivity contribution in [2.75, 3.05) is 11.4 Å². The summed E-state index contributed by atoms with van der Waals surface area (Å²) >= 11 is 0. The summed E-state index contributed by atoms with van der Waals surface area (Å²) in [4.78, 5) is 9.33. The maximum absolute atomic E-state index is 9.84. The van der Waals surface area contributed by atoms with Crippen LogP contribution in [0, 0.1) is 0 Å². The number of aromatic nitrogens is 3. The minimum atomic E-state index is -0.452. The highest BCUT2D eigenvalue weighted by Gasteiger charge is 2.41. The van der Waals surface area contributed by atoms with Crippen molar-refractivity contribution in [2.24, 2.45) is 4.99 Å². The van der Waals surface area contributed by atoms with Gasteiger partial charge >= 0.3 is 0 Å². The molecule has 8 heteroatoms. The van der Waals surface area contributed by atoms with Crippen molar-refractivity contribution in [3.8, 4) is 0 Å². The number of aliphatic hydroxyl groups excluding tert-OH is 1. The summed E-state index contributed by atoms with van der Waals surface area (Å²) in [5.41, 5.74) is 1.90. The van der Waals surface area contributed by atoms with E-state index in [0.717, 1.165) is 22.9 Å². The maximum atomic E-state index is 9.84. The van der Waals surface area contributed by atoms with E-state index >= 15 is 0 Å². The molecule has 2 aromatic rings. The van der Waals surface area contributed by atoms with Crippen molar-refractivity contribution >= 4 is 11.7 Å². The van der Waals surface area contributed by atoms with Crippen LogP contribution in [0.2, 0.25) is 0 Å². The zero-order valence-corrected chi connectivity index (χ0v) is 17.3. The van der Waals surface area contributed by atoms with Crippen molar-refractivity contribution in [3.63, 3.8) is 0 Å². The van der Waals surface area contributed by atoms with E-state index in [0.29, 0.717) is 13.1 Å². The molecule has 0 saturated heterocycles. The molecule has 2 heterocycles. The molecule has 8 nitrogen and oxygen atoms in total. The largest absolute Gasteiger partial charge is 0.392 e. The van der Waals surface area contributed by atoms with Gasteiger partial charge in [-0.1, -0.05) is 30.3 Å². The summed E-state index contributed by atoms with van der Waals surface area (Å²) in [5, 5.41) is 24.9. The lowest BCUT2D eigenvalue weighted by molar-refractivity contribution is 0.147. The first-order chi connectivity index (χ1) is 13.4. The van der Waals surface area contributed by atoms with Gasteiger partial charge in [0, 0.05) is 18.6 Å². The molecule has 0 saturated carbocycles. The van der Waals surface area contributed by atoms with Crippen molar-refractivity contribution in [3.05, 3.63) is 41.6 Å². The maximum Gasteiger partial charge on any atom is 0.185 e. The molecule has 2 atom stereocenters. The predicted octanol–water partition coefficient (Wildman–Crippen LogP) is 1.94. The molecule has 0 bridgehead atoms. The van der Waals surface area contributed by atoms with Gasteiger partial charge in [0.1, 0.15) is 0 Å². The summed E-state index contributed by atoms with van der Waals surface area (Å²) in [6.45, 7) is 11.3. The number of aromatic amines is 1. The fraction of sp³-hybridized carbons (Fsp3) is 0.550. The molecule has 1 aromatic carbocycles. The van der Waals surface area contributed by atoms with Crippen LogP contribution >= 0.6 is 0 Å². The number of H-pyrrole nitrogens is 1. The molecule has 28 heavy (non-hydrogen) atoms. The standard InChI is InChI=1S/C20H31N7O/c1-13(2)26-18(21-12-16-9-7-6-8-10-16)17-19(24-25-23-17)27(14(3)4)20(26)22-11-15(5)28/h6-10,13-15,20,22,28H,11-12H2,1-5H3,(H,23,24,25). The minimum absolute atomic E-state index is 0.173. The Balaban J connectivity index is 2.04. The van der Waals surface area contributed by atoms with E-state index in [4.69, 9.17) is 4.99 Å². The Bertz CT molecular complexity index is 785. The molecule has 0 radical (unpaired) electrons. The van der Waals surface area contributed by atoms with Crippen molar-refractivity contribution < 1.29 is 5.11 Å².